The first-order valence-electron chi connectivity index (χ1n) is 12.6. The summed E-state index contributed by atoms with van der Waals surface area (Å²) >= 11 is 3.30. The highest BCUT2D eigenvalue weighted by molar-refractivity contribution is 9.10. The molecule has 0 N–H and O–H groups in total. The van der Waals surface area contributed by atoms with E-state index in [2.05, 4.69) is 46.5 Å². The quantitative estimate of drug-likeness (QED) is 0.179. The number of carbonyl (C=O) groups is 1. The monoisotopic (exact) mass is 601 g/mol. The number of fused-ring (bicyclic) bond motifs is 1. The molecule has 0 aliphatic rings. The van der Waals surface area contributed by atoms with Gasteiger partial charge >= 0.3 is 0 Å². The molecule has 0 aliphatic heterocycles. The second-order valence-corrected chi connectivity index (χ2v) is 12.1. The standard InChI is InChI=1S/C31H28BrN3O3S/c1-4-25-18-27-21(2)17-22(3)33-31(27)34(25)19-23-13-15-24(16-14-23)26-9-5-7-11-29(26)35(20-36)39(37,38)30-12-8-6-10-28(30)32/h5-18,20H,4,19H2,1-3H3. The fourth-order valence-electron chi connectivity index (χ4n) is 4.95. The molecule has 2 heterocycles. The maximum absolute atomic E-state index is 13.5. The number of rotatable bonds is 8. The van der Waals surface area contributed by atoms with Gasteiger partial charge in [-0.1, -0.05) is 61.5 Å². The highest BCUT2D eigenvalue weighted by atomic mass is 79.9. The van der Waals surface area contributed by atoms with Gasteiger partial charge in [-0.2, -0.15) is 0 Å². The van der Waals surface area contributed by atoms with Gasteiger partial charge in [-0.25, -0.2) is 17.7 Å². The maximum Gasteiger partial charge on any atom is 0.271 e. The summed E-state index contributed by atoms with van der Waals surface area (Å²) in [6.45, 7) is 6.95. The topological polar surface area (TPSA) is 72.3 Å². The van der Waals surface area contributed by atoms with Gasteiger partial charge in [-0.3, -0.25) is 4.79 Å². The van der Waals surface area contributed by atoms with Gasteiger partial charge in [0.2, 0.25) is 6.41 Å². The van der Waals surface area contributed by atoms with E-state index in [9.17, 15) is 13.2 Å². The van der Waals surface area contributed by atoms with E-state index < -0.39 is 10.0 Å². The third-order valence-corrected chi connectivity index (χ3v) is 9.53. The molecule has 0 radical (unpaired) electrons. The lowest BCUT2D eigenvalue weighted by atomic mass is 10.0. The van der Waals surface area contributed by atoms with Crippen molar-refractivity contribution in [3.8, 4) is 11.1 Å². The van der Waals surface area contributed by atoms with Crippen molar-refractivity contribution in [2.75, 3.05) is 4.31 Å². The minimum absolute atomic E-state index is 0.0204. The summed E-state index contributed by atoms with van der Waals surface area (Å²) in [6.07, 6.45) is 1.25. The predicted octanol–water partition coefficient (Wildman–Crippen LogP) is 7.05. The molecule has 5 rings (SSSR count). The van der Waals surface area contributed by atoms with Crippen molar-refractivity contribution < 1.29 is 13.2 Å². The summed E-state index contributed by atoms with van der Waals surface area (Å²) in [6, 6.07) is 25.8. The van der Waals surface area contributed by atoms with Gasteiger partial charge in [0.1, 0.15) is 10.5 Å². The van der Waals surface area contributed by atoms with Crippen LogP contribution in [0.15, 0.2) is 94.3 Å². The Morgan fingerprint density at radius 1 is 0.949 bits per heavy atom. The molecule has 8 heteroatoms. The van der Waals surface area contributed by atoms with E-state index >= 15 is 0 Å². The number of pyridine rings is 1. The Kier molecular flexibility index (Phi) is 7.42. The molecule has 39 heavy (non-hydrogen) atoms. The molecule has 5 aromatic rings. The molecular weight excluding hydrogens is 574 g/mol. The minimum atomic E-state index is -4.14. The van der Waals surface area contributed by atoms with Crippen LogP contribution in [-0.4, -0.2) is 24.4 Å². The number of aryl methyl sites for hydroxylation is 3. The number of hydrogen-bond donors (Lipinski definition) is 0. The molecule has 1 amide bonds. The fraction of sp³-hybridized carbons (Fsp3) is 0.161. The van der Waals surface area contributed by atoms with E-state index in [0.29, 0.717) is 23.0 Å². The summed E-state index contributed by atoms with van der Waals surface area (Å²) < 4.78 is 30.4. The fourth-order valence-corrected chi connectivity index (χ4v) is 7.15. The van der Waals surface area contributed by atoms with Crippen LogP contribution in [0.5, 0.6) is 0 Å². The van der Waals surface area contributed by atoms with Crippen LogP contribution in [0, 0.1) is 13.8 Å². The lowest BCUT2D eigenvalue weighted by Crippen LogP contribution is -2.30. The van der Waals surface area contributed by atoms with Gasteiger partial charge in [0.15, 0.2) is 0 Å². The van der Waals surface area contributed by atoms with E-state index in [0.717, 1.165) is 33.2 Å². The molecule has 0 unspecified atom stereocenters. The Bertz CT molecular complexity index is 1790. The van der Waals surface area contributed by atoms with Crippen LogP contribution in [0.3, 0.4) is 0 Å². The number of hydrogen-bond acceptors (Lipinski definition) is 4. The Morgan fingerprint density at radius 3 is 2.33 bits per heavy atom. The van der Waals surface area contributed by atoms with Crippen LogP contribution in [0.4, 0.5) is 5.69 Å². The average Bonchev–Trinajstić information content (AvgIpc) is 3.27. The number of nitrogens with zero attached hydrogens (tertiary/aromatic N) is 3. The van der Waals surface area contributed by atoms with Crippen molar-refractivity contribution in [2.24, 2.45) is 0 Å². The van der Waals surface area contributed by atoms with Crippen LogP contribution in [0.2, 0.25) is 0 Å². The van der Waals surface area contributed by atoms with Crippen molar-refractivity contribution in [1.29, 1.82) is 0 Å². The number of sulfonamides is 1. The van der Waals surface area contributed by atoms with E-state index in [1.807, 2.05) is 43.3 Å². The molecule has 198 valence electrons. The molecule has 3 aromatic carbocycles. The molecule has 6 nitrogen and oxygen atoms in total. The van der Waals surface area contributed by atoms with Gasteiger partial charge in [-0.15, -0.1) is 0 Å². The first-order chi connectivity index (χ1) is 18.7. The van der Waals surface area contributed by atoms with Crippen molar-refractivity contribution in [2.45, 2.75) is 38.6 Å². The SMILES string of the molecule is CCc1cc2c(C)cc(C)nc2n1Cc1ccc(-c2ccccc2N(C=O)S(=O)(=O)c2ccccc2Br)cc1. The second kappa shape index (κ2) is 10.8. The van der Waals surface area contributed by atoms with E-state index in [1.165, 1.54) is 22.7 Å². The molecule has 2 aromatic heterocycles. The van der Waals surface area contributed by atoms with Crippen molar-refractivity contribution in [3.05, 3.63) is 112 Å². The second-order valence-electron chi connectivity index (χ2n) is 9.44. The van der Waals surface area contributed by atoms with Crippen LogP contribution in [0.1, 0.15) is 29.4 Å². The number of para-hydroxylation sites is 1. The van der Waals surface area contributed by atoms with Crippen LogP contribution < -0.4 is 4.31 Å². The Labute approximate surface area is 237 Å². The summed E-state index contributed by atoms with van der Waals surface area (Å²) in [7, 11) is -4.14. The lowest BCUT2D eigenvalue weighted by molar-refractivity contribution is -0.106. The molecule has 0 saturated carbocycles. The molecule has 0 bridgehead atoms. The lowest BCUT2D eigenvalue weighted by Gasteiger charge is -2.21. The number of amides is 1. The molecule has 0 saturated heterocycles. The Morgan fingerprint density at radius 2 is 1.64 bits per heavy atom. The summed E-state index contributed by atoms with van der Waals surface area (Å²) in [5.41, 5.74) is 7.24. The van der Waals surface area contributed by atoms with Gasteiger partial charge < -0.3 is 4.57 Å². The number of carbonyl (C=O) groups excluding carboxylic acids is 1. The van der Waals surface area contributed by atoms with Crippen LogP contribution >= 0.6 is 15.9 Å². The molecule has 0 spiro atoms. The first-order valence-corrected chi connectivity index (χ1v) is 14.9. The van der Waals surface area contributed by atoms with Crippen molar-refractivity contribution >= 4 is 49.1 Å². The van der Waals surface area contributed by atoms with Crippen molar-refractivity contribution in [3.63, 3.8) is 0 Å². The Balaban J connectivity index is 1.51. The van der Waals surface area contributed by atoms with Crippen molar-refractivity contribution in [1.82, 2.24) is 9.55 Å². The number of aromatic nitrogens is 2. The zero-order valence-electron chi connectivity index (χ0n) is 21.9. The predicted molar refractivity (Wildman–Crippen MR) is 159 cm³/mol. The highest BCUT2D eigenvalue weighted by Gasteiger charge is 2.28. The molecule has 0 aliphatic carbocycles. The number of benzene rings is 3. The smallest absolute Gasteiger partial charge is 0.271 e. The van der Waals surface area contributed by atoms with Crippen LogP contribution in [0.25, 0.3) is 22.2 Å². The molecular formula is C31H28BrN3O3S. The van der Waals surface area contributed by atoms with Gasteiger partial charge in [0.05, 0.1) is 5.69 Å². The highest BCUT2D eigenvalue weighted by Crippen LogP contribution is 2.35. The Hall–Kier alpha value is -3.75. The summed E-state index contributed by atoms with van der Waals surface area (Å²) in [5.74, 6) is 0. The van der Waals surface area contributed by atoms with Gasteiger partial charge in [0.25, 0.3) is 10.0 Å². The zero-order chi connectivity index (χ0) is 27.7. The average molecular weight is 603 g/mol. The third kappa shape index (κ3) is 5.02. The van der Waals surface area contributed by atoms with Gasteiger partial charge in [-0.05, 0) is 83.2 Å². The van der Waals surface area contributed by atoms with Gasteiger partial charge in [0, 0.05) is 33.4 Å². The molecule has 0 fully saturated rings. The first kappa shape index (κ1) is 26.8. The maximum atomic E-state index is 13.5. The summed E-state index contributed by atoms with van der Waals surface area (Å²) in [4.78, 5) is 17.0. The van der Waals surface area contributed by atoms with E-state index in [4.69, 9.17) is 4.98 Å². The largest absolute Gasteiger partial charge is 0.325 e. The normalized spacial score (nSPS) is 11.6. The van der Waals surface area contributed by atoms with E-state index in [1.54, 1.807) is 30.3 Å². The third-order valence-electron chi connectivity index (χ3n) is 6.87. The van der Waals surface area contributed by atoms with E-state index in [-0.39, 0.29) is 10.6 Å². The number of anilines is 1. The summed E-state index contributed by atoms with van der Waals surface area (Å²) in [5, 5.41) is 1.17. The molecule has 0 atom stereocenters. The minimum Gasteiger partial charge on any atom is -0.325 e. The van der Waals surface area contributed by atoms with Crippen LogP contribution in [-0.2, 0) is 27.8 Å². The number of halogens is 1. The zero-order valence-corrected chi connectivity index (χ0v) is 24.3.